The average molecular weight is 250 g/mol. The summed E-state index contributed by atoms with van der Waals surface area (Å²) >= 11 is 0. The van der Waals surface area contributed by atoms with Gasteiger partial charge < -0.3 is 5.32 Å². The summed E-state index contributed by atoms with van der Waals surface area (Å²) in [6.07, 6.45) is 1.60. The predicted octanol–water partition coefficient (Wildman–Crippen LogP) is 3.25. The fraction of sp³-hybridized carbons (Fsp3) is 0.462. The van der Waals surface area contributed by atoms with Crippen molar-refractivity contribution in [1.29, 1.82) is 0 Å². The monoisotopic (exact) mass is 250 g/mol. The van der Waals surface area contributed by atoms with Gasteiger partial charge in [0.15, 0.2) is 0 Å². The molecule has 2 unspecified atom stereocenters. The number of nitro groups is 1. The van der Waals surface area contributed by atoms with Gasteiger partial charge in [0.1, 0.15) is 12.0 Å². The molecule has 0 aliphatic heterocycles. The SMILES string of the molecule is CCC(C)C(C)Nc1ccc(C=O)cc1[N+](=O)[O-]. The van der Waals surface area contributed by atoms with Gasteiger partial charge in [-0.15, -0.1) is 0 Å². The molecule has 0 aromatic heterocycles. The van der Waals surface area contributed by atoms with Gasteiger partial charge in [-0.25, -0.2) is 0 Å². The molecule has 5 heteroatoms. The van der Waals surface area contributed by atoms with E-state index in [0.29, 0.717) is 23.5 Å². The molecular weight excluding hydrogens is 232 g/mol. The van der Waals surface area contributed by atoms with E-state index in [1.165, 1.54) is 6.07 Å². The lowest BCUT2D eigenvalue weighted by atomic mass is 10.0. The predicted molar refractivity (Wildman–Crippen MR) is 71.0 cm³/mol. The molecule has 18 heavy (non-hydrogen) atoms. The highest BCUT2D eigenvalue weighted by atomic mass is 16.6. The average Bonchev–Trinajstić information content (AvgIpc) is 2.37. The van der Waals surface area contributed by atoms with E-state index in [4.69, 9.17) is 0 Å². The van der Waals surface area contributed by atoms with Gasteiger partial charge in [-0.1, -0.05) is 20.3 Å². The van der Waals surface area contributed by atoms with Gasteiger partial charge in [-0.05, 0) is 25.0 Å². The van der Waals surface area contributed by atoms with Crippen LogP contribution in [0.15, 0.2) is 18.2 Å². The Morgan fingerprint density at radius 1 is 1.44 bits per heavy atom. The fourth-order valence-electron chi connectivity index (χ4n) is 1.64. The van der Waals surface area contributed by atoms with Crippen molar-refractivity contribution < 1.29 is 9.72 Å². The highest BCUT2D eigenvalue weighted by molar-refractivity contribution is 5.79. The number of nitrogens with zero attached hydrogens (tertiary/aromatic N) is 1. The first-order valence-corrected chi connectivity index (χ1v) is 5.99. The number of carbonyl (C=O) groups is 1. The van der Waals surface area contributed by atoms with Crippen LogP contribution in [0, 0.1) is 16.0 Å². The van der Waals surface area contributed by atoms with Crippen LogP contribution in [-0.4, -0.2) is 17.3 Å². The summed E-state index contributed by atoms with van der Waals surface area (Å²) in [6.45, 7) is 6.15. The molecule has 0 saturated heterocycles. The summed E-state index contributed by atoms with van der Waals surface area (Å²) in [5, 5.41) is 14.1. The maximum absolute atomic E-state index is 11.0. The van der Waals surface area contributed by atoms with E-state index >= 15 is 0 Å². The zero-order valence-electron chi connectivity index (χ0n) is 10.8. The molecule has 0 fully saturated rings. The Kier molecular flexibility index (Phi) is 4.83. The molecule has 1 N–H and O–H groups in total. The molecule has 1 aromatic rings. The Bertz CT molecular complexity index is 446. The maximum Gasteiger partial charge on any atom is 0.293 e. The Balaban J connectivity index is 3.01. The van der Waals surface area contributed by atoms with Crippen LogP contribution in [0.4, 0.5) is 11.4 Å². The molecule has 98 valence electrons. The van der Waals surface area contributed by atoms with Crippen LogP contribution in [0.2, 0.25) is 0 Å². The van der Waals surface area contributed by atoms with Crippen LogP contribution in [0.5, 0.6) is 0 Å². The van der Waals surface area contributed by atoms with E-state index in [1.807, 2.05) is 6.92 Å². The third kappa shape index (κ3) is 3.29. The van der Waals surface area contributed by atoms with Crippen LogP contribution in [-0.2, 0) is 0 Å². The maximum atomic E-state index is 11.0. The van der Waals surface area contributed by atoms with Gasteiger partial charge in [-0.2, -0.15) is 0 Å². The van der Waals surface area contributed by atoms with E-state index in [0.717, 1.165) is 6.42 Å². The van der Waals surface area contributed by atoms with Gasteiger partial charge in [0.25, 0.3) is 5.69 Å². The second-order valence-corrected chi connectivity index (χ2v) is 4.47. The third-order valence-corrected chi connectivity index (χ3v) is 3.24. The fourth-order valence-corrected chi connectivity index (χ4v) is 1.64. The van der Waals surface area contributed by atoms with Gasteiger partial charge in [-0.3, -0.25) is 14.9 Å². The molecule has 0 aliphatic carbocycles. The van der Waals surface area contributed by atoms with Crippen LogP contribution in [0.1, 0.15) is 37.6 Å². The second kappa shape index (κ2) is 6.14. The highest BCUT2D eigenvalue weighted by Crippen LogP contribution is 2.27. The number of hydrogen-bond donors (Lipinski definition) is 1. The van der Waals surface area contributed by atoms with Crippen molar-refractivity contribution in [2.24, 2.45) is 5.92 Å². The van der Waals surface area contributed by atoms with Gasteiger partial charge >= 0.3 is 0 Å². The van der Waals surface area contributed by atoms with Crippen LogP contribution in [0.25, 0.3) is 0 Å². The number of benzene rings is 1. The van der Waals surface area contributed by atoms with Crippen molar-refractivity contribution in [3.63, 3.8) is 0 Å². The Labute approximate surface area is 106 Å². The van der Waals surface area contributed by atoms with Crippen molar-refractivity contribution >= 4 is 17.7 Å². The van der Waals surface area contributed by atoms with Gasteiger partial charge in [0.2, 0.25) is 0 Å². The molecule has 0 amide bonds. The number of carbonyl (C=O) groups excluding carboxylic acids is 1. The number of aldehydes is 1. The molecule has 1 rings (SSSR count). The van der Waals surface area contributed by atoms with Gasteiger partial charge in [0.05, 0.1) is 4.92 Å². The zero-order chi connectivity index (χ0) is 13.7. The summed E-state index contributed by atoms with van der Waals surface area (Å²) in [5.74, 6) is 0.412. The topological polar surface area (TPSA) is 72.2 Å². The Morgan fingerprint density at radius 2 is 2.11 bits per heavy atom. The summed E-state index contributed by atoms with van der Waals surface area (Å²) < 4.78 is 0. The first-order chi connectivity index (χ1) is 8.49. The zero-order valence-corrected chi connectivity index (χ0v) is 10.8. The van der Waals surface area contributed by atoms with Gasteiger partial charge in [0, 0.05) is 17.7 Å². The number of nitro benzene ring substituents is 1. The number of anilines is 1. The van der Waals surface area contributed by atoms with E-state index in [1.54, 1.807) is 12.1 Å². The normalized spacial score (nSPS) is 13.7. The summed E-state index contributed by atoms with van der Waals surface area (Å²) in [7, 11) is 0. The van der Waals surface area contributed by atoms with Crippen LogP contribution in [0.3, 0.4) is 0 Å². The van der Waals surface area contributed by atoms with Crippen molar-refractivity contribution in [2.75, 3.05) is 5.32 Å². The lowest BCUT2D eigenvalue weighted by molar-refractivity contribution is -0.384. The highest BCUT2D eigenvalue weighted by Gasteiger charge is 2.18. The summed E-state index contributed by atoms with van der Waals surface area (Å²) in [6, 6.07) is 4.58. The molecule has 0 spiro atoms. The lowest BCUT2D eigenvalue weighted by Crippen LogP contribution is -2.23. The first-order valence-electron chi connectivity index (χ1n) is 5.99. The molecule has 5 nitrogen and oxygen atoms in total. The standard InChI is InChI=1S/C13H18N2O3/c1-4-9(2)10(3)14-12-6-5-11(8-16)7-13(12)15(17)18/h5-10,14H,4H2,1-3H3. The minimum Gasteiger partial charge on any atom is -0.377 e. The molecular formula is C13H18N2O3. The van der Waals surface area contributed by atoms with Crippen molar-refractivity contribution in [3.05, 3.63) is 33.9 Å². The van der Waals surface area contributed by atoms with Crippen molar-refractivity contribution in [2.45, 2.75) is 33.2 Å². The molecule has 0 radical (unpaired) electrons. The van der Waals surface area contributed by atoms with E-state index in [-0.39, 0.29) is 11.7 Å². The van der Waals surface area contributed by atoms with E-state index in [9.17, 15) is 14.9 Å². The molecule has 0 bridgehead atoms. The number of nitrogens with one attached hydrogen (secondary N) is 1. The van der Waals surface area contributed by atoms with Crippen molar-refractivity contribution in [1.82, 2.24) is 0 Å². The smallest absolute Gasteiger partial charge is 0.293 e. The van der Waals surface area contributed by atoms with Crippen LogP contribution < -0.4 is 5.32 Å². The third-order valence-electron chi connectivity index (χ3n) is 3.24. The van der Waals surface area contributed by atoms with E-state index in [2.05, 4.69) is 19.2 Å². The van der Waals surface area contributed by atoms with E-state index < -0.39 is 4.92 Å². The van der Waals surface area contributed by atoms with Crippen LogP contribution >= 0.6 is 0 Å². The quantitative estimate of drug-likeness (QED) is 0.478. The molecule has 2 atom stereocenters. The minimum atomic E-state index is -0.474. The molecule has 0 heterocycles. The second-order valence-electron chi connectivity index (χ2n) is 4.47. The molecule has 1 aromatic carbocycles. The first kappa shape index (κ1) is 14.2. The Morgan fingerprint density at radius 3 is 2.61 bits per heavy atom. The summed E-state index contributed by atoms with van der Waals surface area (Å²) in [5.41, 5.74) is 0.705. The largest absolute Gasteiger partial charge is 0.377 e. The number of hydrogen-bond acceptors (Lipinski definition) is 4. The molecule has 0 aliphatic rings. The number of rotatable bonds is 6. The molecule has 0 saturated carbocycles. The van der Waals surface area contributed by atoms with Crippen molar-refractivity contribution in [3.8, 4) is 0 Å². The Hall–Kier alpha value is -1.91. The summed E-state index contributed by atoms with van der Waals surface area (Å²) in [4.78, 5) is 21.1. The minimum absolute atomic E-state index is 0.0604. The lowest BCUT2D eigenvalue weighted by Gasteiger charge is -2.21.